The first-order chi connectivity index (χ1) is 7.59. The monoisotopic (exact) mass is 229 g/mol. The molecule has 2 unspecified atom stereocenters. The van der Waals surface area contributed by atoms with Crippen LogP contribution in [0.25, 0.3) is 0 Å². The Hall–Kier alpha value is -1.14. The van der Waals surface area contributed by atoms with Gasteiger partial charge in [-0.25, -0.2) is 4.79 Å². The third-order valence-corrected chi connectivity index (χ3v) is 3.13. The zero-order valence-corrected chi connectivity index (χ0v) is 8.83. The topological polar surface area (TPSA) is 87.1 Å². The molecular formula is C10H15NO5. The predicted octanol–water partition coefficient (Wildman–Crippen LogP) is -0.931. The summed E-state index contributed by atoms with van der Waals surface area (Å²) in [6.07, 6.45) is 0.0271. The lowest BCUT2D eigenvalue weighted by Gasteiger charge is -2.23. The number of β-amino-alcohol motifs (C(OH)–C–C–N with tert-alkyl or cyclic N) is 1. The molecule has 0 saturated carbocycles. The van der Waals surface area contributed by atoms with E-state index in [1.165, 1.54) is 4.90 Å². The summed E-state index contributed by atoms with van der Waals surface area (Å²) in [5.41, 5.74) is 0. The molecule has 0 radical (unpaired) electrons. The van der Waals surface area contributed by atoms with E-state index in [9.17, 15) is 14.7 Å². The van der Waals surface area contributed by atoms with Gasteiger partial charge in [-0.1, -0.05) is 0 Å². The van der Waals surface area contributed by atoms with Crippen molar-refractivity contribution in [3.63, 3.8) is 0 Å². The average Bonchev–Trinajstić information content (AvgIpc) is 2.84. The zero-order valence-electron chi connectivity index (χ0n) is 8.83. The molecule has 0 aliphatic carbocycles. The molecule has 2 aliphatic heterocycles. The molecule has 0 bridgehead atoms. The van der Waals surface area contributed by atoms with Gasteiger partial charge in [0.1, 0.15) is 6.04 Å². The maximum absolute atomic E-state index is 12.0. The van der Waals surface area contributed by atoms with Crippen LogP contribution in [-0.4, -0.2) is 58.9 Å². The third-order valence-electron chi connectivity index (χ3n) is 3.13. The van der Waals surface area contributed by atoms with Gasteiger partial charge in [-0.2, -0.15) is 0 Å². The van der Waals surface area contributed by atoms with E-state index >= 15 is 0 Å². The van der Waals surface area contributed by atoms with Gasteiger partial charge in [-0.05, 0) is 6.42 Å². The number of nitrogens with zero attached hydrogens (tertiary/aromatic N) is 1. The number of ether oxygens (including phenoxy) is 1. The molecule has 2 fully saturated rings. The molecule has 0 aromatic heterocycles. The molecule has 0 spiro atoms. The number of amides is 1. The van der Waals surface area contributed by atoms with Crippen molar-refractivity contribution < 1.29 is 24.5 Å². The molecular weight excluding hydrogens is 214 g/mol. The van der Waals surface area contributed by atoms with Crippen molar-refractivity contribution in [1.82, 2.24) is 4.90 Å². The molecule has 2 aliphatic rings. The minimum absolute atomic E-state index is 0.117. The first kappa shape index (κ1) is 11.3. The van der Waals surface area contributed by atoms with Gasteiger partial charge in [0.05, 0.1) is 18.6 Å². The number of carboxylic acids is 1. The summed E-state index contributed by atoms with van der Waals surface area (Å²) in [5.74, 6) is -1.50. The van der Waals surface area contributed by atoms with Crippen molar-refractivity contribution >= 4 is 11.9 Å². The van der Waals surface area contributed by atoms with Gasteiger partial charge < -0.3 is 19.8 Å². The summed E-state index contributed by atoms with van der Waals surface area (Å²) in [5, 5.41) is 18.4. The molecule has 2 N–H and O–H groups in total. The van der Waals surface area contributed by atoms with E-state index in [2.05, 4.69) is 0 Å². The van der Waals surface area contributed by atoms with Crippen LogP contribution < -0.4 is 0 Å². The largest absolute Gasteiger partial charge is 0.480 e. The minimum Gasteiger partial charge on any atom is -0.480 e. The Morgan fingerprint density at radius 1 is 1.38 bits per heavy atom. The van der Waals surface area contributed by atoms with E-state index in [-0.39, 0.29) is 24.8 Å². The molecule has 0 aromatic carbocycles. The molecule has 6 nitrogen and oxygen atoms in total. The number of carbonyl (C=O) groups is 2. The molecule has 90 valence electrons. The van der Waals surface area contributed by atoms with E-state index < -0.39 is 18.1 Å². The molecule has 2 saturated heterocycles. The van der Waals surface area contributed by atoms with E-state index in [1.54, 1.807) is 0 Å². The summed E-state index contributed by atoms with van der Waals surface area (Å²) >= 11 is 0. The summed E-state index contributed by atoms with van der Waals surface area (Å²) < 4.78 is 5.10. The summed E-state index contributed by atoms with van der Waals surface area (Å²) in [7, 11) is 0. The Balaban J connectivity index is 2.06. The van der Waals surface area contributed by atoms with Crippen LogP contribution in [0.15, 0.2) is 0 Å². The highest BCUT2D eigenvalue weighted by Crippen LogP contribution is 2.23. The first-order valence-corrected chi connectivity index (χ1v) is 5.38. The molecule has 16 heavy (non-hydrogen) atoms. The van der Waals surface area contributed by atoms with Gasteiger partial charge in [0.25, 0.3) is 0 Å². The number of hydrogen-bond donors (Lipinski definition) is 2. The SMILES string of the molecule is O=C(O)[C@@H]1CC(O)CN1C(=O)C1CCOC1. The number of aliphatic hydroxyl groups excluding tert-OH is 1. The van der Waals surface area contributed by atoms with Crippen LogP contribution in [-0.2, 0) is 14.3 Å². The Labute approximate surface area is 92.8 Å². The normalized spacial score (nSPS) is 34.3. The standard InChI is InChI=1S/C10H15NO5/c12-7-3-8(10(14)15)11(4-7)9(13)6-1-2-16-5-6/h6-8,12H,1-5H2,(H,14,15)/t6?,7?,8-/m0/s1. The highest BCUT2D eigenvalue weighted by Gasteiger charge is 2.41. The zero-order chi connectivity index (χ0) is 11.7. The molecule has 6 heteroatoms. The van der Waals surface area contributed by atoms with E-state index in [1.807, 2.05) is 0 Å². The fraction of sp³-hybridized carbons (Fsp3) is 0.800. The predicted molar refractivity (Wildman–Crippen MR) is 52.7 cm³/mol. The number of hydrogen-bond acceptors (Lipinski definition) is 4. The highest BCUT2D eigenvalue weighted by molar-refractivity contribution is 5.86. The van der Waals surface area contributed by atoms with Crippen molar-refractivity contribution in [2.75, 3.05) is 19.8 Å². The number of likely N-dealkylation sites (tertiary alicyclic amines) is 1. The Kier molecular flexibility index (Phi) is 3.11. The number of rotatable bonds is 2. The van der Waals surface area contributed by atoms with Gasteiger partial charge in [0.15, 0.2) is 0 Å². The van der Waals surface area contributed by atoms with Gasteiger partial charge in [-0.3, -0.25) is 4.79 Å². The Morgan fingerprint density at radius 3 is 2.69 bits per heavy atom. The van der Waals surface area contributed by atoms with Crippen LogP contribution in [0.2, 0.25) is 0 Å². The van der Waals surface area contributed by atoms with Crippen LogP contribution in [0.5, 0.6) is 0 Å². The summed E-state index contributed by atoms with van der Waals surface area (Å²) in [4.78, 5) is 24.2. The van der Waals surface area contributed by atoms with E-state index in [4.69, 9.17) is 9.84 Å². The number of carbonyl (C=O) groups excluding carboxylic acids is 1. The van der Waals surface area contributed by atoms with Gasteiger partial charge >= 0.3 is 5.97 Å². The fourth-order valence-corrected chi connectivity index (χ4v) is 2.26. The molecule has 3 atom stereocenters. The molecule has 1 amide bonds. The number of aliphatic carboxylic acids is 1. The van der Waals surface area contributed by atoms with Crippen molar-refractivity contribution in [2.45, 2.75) is 25.0 Å². The lowest BCUT2D eigenvalue weighted by atomic mass is 10.1. The third kappa shape index (κ3) is 2.03. The van der Waals surface area contributed by atoms with Gasteiger partial charge in [0, 0.05) is 19.6 Å². The van der Waals surface area contributed by atoms with Gasteiger partial charge in [-0.15, -0.1) is 0 Å². The van der Waals surface area contributed by atoms with E-state index in [0.29, 0.717) is 19.6 Å². The number of carboxylic acid groups (broad SMARTS) is 1. The van der Waals surface area contributed by atoms with Crippen molar-refractivity contribution in [1.29, 1.82) is 0 Å². The average molecular weight is 229 g/mol. The minimum atomic E-state index is -1.05. The van der Waals surface area contributed by atoms with Gasteiger partial charge in [0.2, 0.25) is 5.91 Å². The lowest BCUT2D eigenvalue weighted by molar-refractivity contribution is -0.149. The maximum Gasteiger partial charge on any atom is 0.326 e. The van der Waals surface area contributed by atoms with Crippen molar-refractivity contribution in [3.8, 4) is 0 Å². The summed E-state index contributed by atoms with van der Waals surface area (Å²) in [6, 6.07) is -0.886. The Morgan fingerprint density at radius 2 is 2.12 bits per heavy atom. The fourth-order valence-electron chi connectivity index (χ4n) is 2.26. The second kappa shape index (κ2) is 4.39. The van der Waals surface area contributed by atoms with Crippen LogP contribution in [0, 0.1) is 5.92 Å². The second-order valence-electron chi connectivity index (χ2n) is 4.29. The van der Waals surface area contributed by atoms with Crippen LogP contribution in [0.1, 0.15) is 12.8 Å². The van der Waals surface area contributed by atoms with Crippen LogP contribution >= 0.6 is 0 Å². The van der Waals surface area contributed by atoms with Crippen molar-refractivity contribution in [2.24, 2.45) is 5.92 Å². The van der Waals surface area contributed by atoms with Crippen LogP contribution in [0.4, 0.5) is 0 Å². The highest BCUT2D eigenvalue weighted by atomic mass is 16.5. The molecule has 2 heterocycles. The number of aliphatic hydroxyl groups is 1. The Bertz CT molecular complexity index is 300. The lowest BCUT2D eigenvalue weighted by Crippen LogP contribution is -2.43. The smallest absolute Gasteiger partial charge is 0.326 e. The quantitative estimate of drug-likeness (QED) is 0.638. The molecule has 2 rings (SSSR count). The maximum atomic E-state index is 12.0. The van der Waals surface area contributed by atoms with E-state index in [0.717, 1.165) is 0 Å². The first-order valence-electron chi connectivity index (χ1n) is 5.38. The van der Waals surface area contributed by atoms with Crippen LogP contribution in [0.3, 0.4) is 0 Å². The molecule has 0 aromatic rings. The van der Waals surface area contributed by atoms with Crippen molar-refractivity contribution in [3.05, 3.63) is 0 Å². The summed E-state index contributed by atoms with van der Waals surface area (Å²) in [6.45, 7) is 1.02. The second-order valence-corrected chi connectivity index (χ2v) is 4.29.